The van der Waals surface area contributed by atoms with Gasteiger partial charge in [-0.05, 0) is 35.5 Å². The molecule has 0 unspecified atom stereocenters. The molecule has 0 fully saturated rings. The van der Waals surface area contributed by atoms with E-state index in [0.29, 0.717) is 10.6 Å². The summed E-state index contributed by atoms with van der Waals surface area (Å²) in [5.41, 5.74) is 1.64. The molecule has 0 saturated carbocycles. The second-order valence-electron chi connectivity index (χ2n) is 3.01. The fourth-order valence-electron chi connectivity index (χ4n) is 1.31. The van der Waals surface area contributed by atoms with Crippen LogP contribution in [0.2, 0.25) is 5.02 Å². The number of hydrogen-bond donors (Lipinski definition) is 0. The minimum atomic E-state index is 0.653. The van der Waals surface area contributed by atoms with Gasteiger partial charge < -0.3 is 0 Å². The second-order valence-corrected chi connectivity index (χ2v) is 5.02. The van der Waals surface area contributed by atoms with Gasteiger partial charge in [0.25, 0.3) is 0 Å². The smallest absolute Gasteiger partial charge is 0.128 e. The van der Waals surface area contributed by atoms with Crippen LogP contribution in [-0.2, 0) is 0 Å². The van der Waals surface area contributed by atoms with Crippen LogP contribution in [0.3, 0.4) is 0 Å². The molecule has 0 bridgehead atoms. The van der Waals surface area contributed by atoms with E-state index in [1.165, 1.54) is 23.3 Å². The number of nitrogens with zero attached hydrogens (tertiary/aromatic N) is 2. The summed E-state index contributed by atoms with van der Waals surface area (Å²) >= 11 is 8.66. The van der Waals surface area contributed by atoms with Gasteiger partial charge in [0.2, 0.25) is 0 Å². The van der Waals surface area contributed by atoms with Gasteiger partial charge in [0.05, 0.1) is 4.88 Å². The second kappa shape index (κ2) is 4.88. The van der Waals surface area contributed by atoms with E-state index in [4.69, 9.17) is 16.9 Å². The molecule has 2 rings (SSSR count). The molecule has 0 radical (unpaired) electrons. The number of hydrogen-bond acceptors (Lipinski definition) is 4. The van der Waals surface area contributed by atoms with Crippen molar-refractivity contribution in [3.05, 3.63) is 34.9 Å². The first-order valence-corrected chi connectivity index (χ1v) is 6.83. The lowest BCUT2D eigenvalue weighted by atomic mass is 10.1. The van der Waals surface area contributed by atoms with Gasteiger partial charge in [0.15, 0.2) is 0 Å². The summed E-state index contributed by atoms with van der Waals surface area (Å²) in [5, 5.41) is 10.6. The van der Waals surface area contributed by atoms with Crippen LogP contribution in [0, 0.1) is 11.3 Å². The molecule has 0 aliphatic rings. The maximum absolute atomic E-state index is 9.11. The van der Waals surface area contributed by atoms with Gasteiger partial charge in [-0.15, -0.1) is 11.8 Å². The molecule has 0 atom stereocenters. The molecule has 0 aliphatic carbocycles. The van der Waals surface area contributed by atoms with E-state index in [2.05, 4.69) is 10.4 Å². The number of benzene rings is 1. The molecule has 0 N–H and O–H groups in total. The SMILES string of the molecule is CSc1nsc(-c2ccc(Cl)cc2)c1C#N. The summed E-state index contributed by atoms with van der Waals surface area (Å²) in [5.74, 6) is 0. The third-order valence-electron chi connectivity index (χ3n) is 2.07. The Morgan fingerprint density at radius 3 is 2.62 bits per heavy atom. The van der Waals surface area contributed by atoms with Crippen LogP contribution in [0.25, 0.3) is 10.4 Å². The van der Waals surface area contributed by atoms with Gasteiger partial charge in [-0.2, -0.15) is 9.64 Å². The van der Waals surface area contributed by atoms with E-state index in [1.807, 2.05) is 30.5 Å². The van der Waals surface area contributed by atoms with Gasteiger partial charge in [-0.1, -0.05) is 23.7 Å². The first-order chi connectivity index (χ1) is 7.76. The zero-order valence-corrected chi connectivity index (χ0v) is 10.8. The van der Waals surface area contributed by atoms with E-state index in [0.717, 1.165) is 15.5 Å². The van der Waals surface area contributed by atoms with Crippen molar-refractivity contribution < 1.29 is 0 Å². The van der Waals surface area contributed by atoms with E-state index in [9.17, 15) is 0 Å². The summed E-state index contributed by atoms with van der Waals surface area (Å²) in [4.78, 5) is 0.906. The highest BCUT2D eigenvalue weighted by Gasteiger charge is 2.14. The lowest BCUT2D eigenvalue weighted by Gasteiger charge is -1.97. The van der Waals surface area contributed by atoms with E-state index in [-0.39, 0.29) is 0 Å². The molecule has 2 aromatic rings. The highest BCUT2D eigenvalue weighted by Crippen LogP contribution is 2.34. The number of rotatable bonds is 2. The van der Waals surface area contributed by atoms with Crippen LogP contribution >= 0.6 is 34.9 Å². The summed E-state index contributed by atoms with van der Waals surface area (Å²) in [6, 6.07) is 9.64. The number of halogens is 1. The highest BCUT2D eigenvalue weighted by molar-refractivity contribution is 7.98. The fraction of sp³-hybridized carbons (Fsp3) is 0.0909. The number of nitriles is 1. The fourth-order valence-corrected chi connectivity index (χ4v) is 3.00. The van der Waals surface area contributed by atoms with Gasteiger partial charge in [-0.3, -0.25) is 0 Å². The van der Waals surface area contributed by atoms with Gasteiger partial charge in [-0.25, -0.2) is 0 Å². The van der Waals surface area contributed by atoms with Crippen LogP contribution < -0.4 is 0 Å². The Hall–Kier alpha value is -1.02. The Balaban J connectivity index is 2.52. The number of thioether (sulfide) groups is 1. The molecule has 1 aromatic carbocycles. The highest BCUT2D eigenvalue weighted by atomic mass is 35.5. The Morgan fingerprint density at radius 1 is 1.38 bits per heavy atom. The molecule has 5 heteroatoms. The molecule has 0 amide bonds. The average Bonchev–Trinajstić information content (AvgIpc) is 2.72. The molecular weight excluding hydrogens is 260 g/mol. The first-order valence-electron chi connectivity index (χ1n) is 4.46. The maximum Gasteiger partial charge on any atom is 0.128 e. The normalized spacial score (nSPS) is 10.1. The van der Waals surface area contributed by atoms with Crippen molar-refractivity contribution in [1.82, 2.24) is 4.37 Å². The third kappa shape index (κ3) is 2.07. The summed E-state index contributed by atoms with van der Waals surface area (Å²) in [7, 11) is 0. The maximum atomic E-state index is 9.11. The average molecular weight is 267 g/mol. The standard InChI is InChI=1S/C11H7ClN2S2/c1-15-11-9(6-13)10(16-14-11)7-2-4-8(12)5-3-7/h2-5H,1H3. The Labute approximate surface area is 107 Å². The minimum Gasteiger partial charge on any atom is -0.192 e. The van der Waals surface area contributed by atoms with Crippen LogP contribution in [-0.4, -0.2) is 10.6 Å². The topological polar surface area (TPSA) is 36.7 Å². The predicted octanol–water partition coefficient (Wildman–Crippen LogP) is 4.06. The Kier molecular flexibility index (Phi) is 3.49. The van der Waals surface area contributed by atoms with Crippen molar-refractivity contribution in [3.8, 4) is 16.5 Å². The van der Waals surface area contributed by atoms with Crippen molar-refractivity contribution >= 4 is 34.9 Å². The van der Waals surface area contributed by atoms with E-state index >= 15 is 0 Å². The zero-order chi connectivity index (χ0) is 11.5. The minimum absolute atomic E-state index is 0.653. The van der Waals surface area contributed by atoms with Crippen molar-refractivity contribution in [1.29, 1.82) is 5.26 Å². The molecule has 2 nitrogen and oxygen atoms in total. The van der Waals surface area contributed by atoms with Gasteiger partial charge in [0, 0.05) is 5.02 Å². The number of aromatic nitrogens is 1. The Morgan fingerprint density at radius 2 is 2.06 bits per heavy atom. The van der Waals surface area contributed by atoms with Gasteiger partial charge >= 0.3 is 0 Å². The van der Waals surface area contributed by atoms with Crippen LogP contribution in [0.1, 0.15) is 5.56 Å². The molecular formula is C11H7ClN2S2. The van der Waals surface area contributed by atoms with Crippen LogP contribution in [0.15, 0.2) is 29.3 Å². The summed E-state index contributed by atoms with van der Waals surface area (Å²) in [6.07, 6.45) is 1.92. The zero-order valence-electron chi connectivity index (χ0n) is 8.40. The van der Waals surface area contributed by atoms with Crippen LogP contribution in [0.4, 0.5) is 0 Å². The predicted molar refractivity (Wildman–Crippen MR) is 69.1 cm³/mol. The lowest BCUT2D eigenvalue weighted by Crippen LogP contribution is -1.79. The molecule has 0 aliphatic heterocycles. The Bertz CT molecular complexity index is 540. The molecule has 1 heterocycles. The molecule has 0 saturated heterocycles. The molecule has 0 spiro atoms. The van der Waals surface area contributed by atoms with Crippen LogP contribution in [0.5, 0.6) is 0 Å². The van der Waals surface area contributed by atoms with Gasteiger partial charge in [0.1, 0.15) is 16.7 Å². The van der Waals surface area contributed by atoms with E-state index in [1.54, 1.807) is 0 Å². The summed E-state index contributed by atoms with van der Waals surface area (Å²) < 4.78 is 4.25. The van der Waals surface area contributed by atoms with Crippen molar-refractivity contribution in [2.75, 3.05) is 6.26 Å². The lowest BCUT2D eigenvalue weighted by molar-refractivity contribution is 1.26. The summed E-state index contributed by atoms with van der Waals surface area (Å²) in [6.45, 7) is 0. The third-order valence-corrected chi connectivity index (χ3v) is 4.02. The quantitative estimate of drug-likeness (QED) is 0.769. The molecule has 16 heavy (non-hydrogen) atoms. The van der Waals surface area contributed by atoms with E-state index < -0.39 is 0 Å². The monoisotopic (exact) mass is 266 g/mol. The molecule has 80 valence electrons. The molecule has 1 aromatic heterocycles. The largest absolute Gasteiger partial charge is 0.192 e. The van der Waals surface area contributed by atoms with Crippen molar-refractivity contribution in [2.45, 2.75) is 5.03 Å². The van der Waals surface area contributed by atoms with Crippen molar-refractivity contribution in [3.63, 3.8) is 0 Å². The van der Waals surface area contributed by atoms with Crippen molar-refractivity contribution in [2.24, 2.45) is 0 Å². The first kappa shape index (κ1) is 11.5.